The van der Waals surface area contributed by atoms with Gasteiger partial charge in [-0.1, -0.05) is 48.5 Å². The normalized spacial score (nSPS) is 11.1. The van der Waals surface area contributed by atoms with Crippen LogP contribution in [0.5, 0.6) is 0 Å². The fourth-order valence-electron chi connectivity index (χ4n) is 3.07. The fraction of sp³-hybridized carbons (Fsp3) is 0. The summed E-state index contributed by atoms with van der Waals surface area (Å²) >= 11 is 3.12. The Morgan fingerprint density at radius 2 is 1.63 bits per heavy atom. The van der Waals surface area contributed by atoms with E-state index in [9.17, 15) is 4.79 Å². The highest BCUT2D eigenvalue weighted by Crippen LogP contribution is 2.35. The van der Waals surface area contributed by atoms with Crippen molar-refractivity contribution < 1.29 is 4.79 Å². The Bertz CT molecular complexity index is 1250. The number of nitrogens with zero attached hydrogens (tertiary/aromatic N) is 1. The van der Waals surface area contributed by atoms with Gasteiger partial charge in [-0.15, -0.1) is 22.7 Å². The van der Waals surface area contributed by atoms with Crippen molar-refractivity contribution >= 4 is 55.3 Å². The third-order valence-corrected chi connectivity index (χ3v) is 6.66. The number of hydrogen-bond acceptors (Lipinski definition) is 4. The summed E-state index contributed by atoms with van der Waals surface area (Å²) in [5, 5.41) is 6.14. The molecule has 2 heterocycles. The van der Waals surface area contributed by atoms with Gasteiger partial charge in [0.2, 0.25) is 0 Å². The van der Waals surface area contributed by atoms with Gasteiger partial charge < -0.3 is 5.32 Å². The van der Waals surface area contributed by atoms with E-state index in [0.29, 0.717) is 4.88 Å². The summed E-state index contributed by atoms with van der Waals surface area (Å²) in [7, 11) is 0. The minimum absolute atomic E-state index is 0.0938. The van der Waals surface area contributed by atoms with E-state index < -0.39 is 0 Å². The van der Waals surface area contributed by atoms with Crippen molar-refractivity contribution in [2.45, 2.75) is 0 Å². The molecule has 0 aliphatic rings. The number of aromatic nitrogens is 1. The number of nitrogens with one attached hydrogen (secondary N) is 1. The summed E-state index contributed by atoms with van der Waals surface area (Å²) in [4.78, 5) is 19.1. The van der Waals surface area contributed by atoms with E-state index in [-0.39, 0.29) is 5.91 Å². The van der Waals surface area contributed by atoms with Crippen molar-refractivity contribution in [2.24, 2.45) is 0 Å². The maximum atomic E-state index is 12.8. The molecule has 2 aromatic heterocycles. The first kappa shape index (κ1) is 16.2. The van der Waals surface area contributed by atoms with Crippen molar-refractivity contribution in [1.82, 2.24) is 4.98 Å². The van der Waals surface area contributed by atoms with Gasteiger partial charge in [0.15, 0.2) is 0 Å². The van der Waals surface area contributed by atoms with E-state index in [1.54, 1.807) is 11.3 Å². The van der Waals surface area contributed by atoms with Gasteiger partial charge in [-0.2, -0.15) is 0 Å². The quantitative estimate of drug-likeness (QED) is 0.388. The van der Waals surface area contributed by atoms with Gasteiger partial charge in [-0.3, -0.25) is 4.79 Å². The number of thiazole rings is 1. The molecule has 0 aliphatic carbocycles. The van der Waals surface area contributed by atoms with Gasteiger partial charge in [-0.25, -0.2) is 4.98 Å². The molecule has 3 aromatic carbocycles. The second kappa shape index (κ2) is 6.61. The molecule has 1 N–H and O–H groups in total. The molecule has 27 heavy (non-hydrogen) atoms. The fourth-order valence-corrected chi connectivity index (χ4v) is 4.99. The summed E-state index contributed by atoms with van der Waals surface area (Å²) in [6, 6.07) is 25.9. The van der Waals surface area contributed by atoms with Crippen molar-refractivity contribution in [3.8, 4) is 9.88 Å². The molecule has 3 nitrogen and oxygen atoms in total. The highest BCUT2D eigenvalue weighted by Gasteiger charge is 2.14. The van der Waals surface area contributed by atoms with Gasteiger partial charge >= 0.3 is 0 Å². The van der Waals surface area contributed by atoms with Crippen LogP contribution in [0.1, 0.15) is 9.67 Å². The molecule has 0 unspecified atom stereocenters. The molecule has 130 valence electrons. The Morgan fingerprint density at radius 3 is 2.56 bits per heavy atom. The Morgan fingerprint density at radius 1 is 0.815 bits per heavy atom. The molecular formula is C22H14N2OS2. The van der Waals surface area contributed by atoms with E-state index >= 15 is 0 Å². The Hall–Kier alpha value is -3.02. The zero-order chi connectivity index (χ0) is 18.2. The van der Waals surface area contributed by atoms with Crippen LogP contribution in [0.4, 0.5) is 5.69 Å². The molecule has 0 atom stereocenters. The molecule has 0 spiro atoms. The first-order valence-electron chi connectivity index (χ1n) is 8.53. The molecule has 5 aromatic rings. The molecule has 0 saturated heterocycles. The summed E-state index contributed by atoms with van der Waals surface area (Å²) in [6.45, 7) is 0. The summed E-state index contributed by atoms with van der Waals surface area (Å²) in [6.07, 6.45) is 0. The van der Waals surface area contributed by atoms with E-state index in [2.05, 4.69) is 16.4 Å². The van der Waals surface area contributed by atoms with Crippen LogP contribution in [-0.2, 0) is 0 Å². The van der Waals surface area contributed by atoms with Crippen LogP contribution in [-0.4, -0.2) is 10.9 Å². The average molecular weight is 387 g/mol. The third kappa shape index (κ3) is 3.01. The van der Waals surface area contributed by atoms with Crippen LogP contribution in [0.2, 0.25) is 0 Å². The van der Waals surface area contributed by atoms with Crippen molar-refractivity contribution in [3.63, 3.8) is 0 Å². The van der Waals surface area contributed by atoms with Gasteiger partial charge in [0, 0.05) is 11.1 Å². The summed E-state index contributed by atoms with van der Waals surface area (Å²) < 4.78 is 1.16. The molecule has 1 amide bonds. The molecule has 0 saturated carbocycles. The third-order valence-electron chi connectivity index (χ3n) is 4.37. The van der Waals surface area contributed by atoms with Gasteiger partial charge in [0.25, 0.3) is 5.91 Å². The van der Waals surface area contributed by atoms with E-state index in [4.69, 9.17) is 0 Å². The SMILES string of the molecule is O=C(Nc1cccc2ccccc12)c1ccc(-c2nc3ccccc3s2)s1. The van der Waals surface area contributed by atoms with Crippen molar-refractivity contribution in [2.75, 3.05) is 5.32 Å². The number of carbonyl (C=O) groups excluding carboxylic acids is 1. The molecule has 0 fully saturated rings. The first-order valence-corrected chi connectivity index (χ1v) is 10.2. The van der Waals surface area contributed by atoms with Crippen LogP contribution >= 0.6 is 22.7 Å². The molecular weight excluding hydrogens is 372 g/mol. The lowest BCUT2D eigenvalue weighted by molar-refractivity contribution is 0.103. The number of carbonyl (C=O) groups is 1. The lowest BCUT2D eigenvalue weighted by Crippen LogP contribution is -2.10. The van der Waals surface area contributed by atoms with Crippen LogP contribution in [0, 0.1) is 0 Å². The number of thiophene rings is 1. The minimum Gasteiger partial charge on any atom is -0.321 e. The van der Waals surface area contributed by atoms with E-state index in [1.807, 2.05) is 72.8 Å². The van der Waals surface area contributed by atoms with Gasteiger partial charge in [0.05, 0.1) is 20.0 Å². The molecule has 5 heteroatoms. The highest BCUT2D eigenvalue weighted by molar-refractivity contribution is 7.26. The zero-order valence-corrected chi connectivity index (χ0v) is 15.8. The molecule has 0 radical (unpaired) electrons. The van der Waals surface area contributed by atoms with Gasteiger partial charge in [-0.05, 0) is 35.7 Å². The smallest absolute Gasteiger partial charge is 0.265 e. The number of fused-ring (bicyclic) bond motifs is 2. The van der Waals surface area contributed by atoms with Crippen LogP contribution in [0.3, 0.4) is 0 Å². The number of amides is 1. The number of para-hydroxylation sites is 1. The lowest BCUT2D eigenvalue weighted by atomic mass is 10.1. The predicted octanol–water partition coefficient (Wildman–Crippen LogP) is 6.43. The number of anilines is 1. The van der Waals surface area contributed by atoms with Crippen molar-refractivity contribution in [3.05, 3.63) is 83.7 Å². The Balaban J connectivity index is 1.44. The minimum atomic E-state index is -0.0938. The van der Waals surface area contributed by atoms with Gasteiger partial charge in [0.1, 0.15) is 5.01 Å². The largest absolute Gasteiger partial charge is 0.321 e. The standard InChI is InChI=1S/C22H14N2OS2/c25-21(23-16-10-5-7-14-6-1-2-8-15(14)16)19-12-13-20(26-19)22-24-17-9-3-4-11-18(17)27-22/h1-13H,(H,23,25). The van der Waals surface area contributed by atoms with E-state index in [0.717, 1.165) is 36.6 Å². The number of benzene rings is 3. The lowest BCUT2D eigenvalue weighted by Gasteiger charge is -2.07. The Kier molecular flexibility index (Phi) is 3.96. The summed E-state index contributed by atoms with van der Waals surface area (Å²) in [5.41, 5.74) is 1.82. The highest BCUT2D eigenvalue weighted by atomic mass is 32.1. The van der Waals surface area contributed by atoms with Crippen LogP contribution in [0.25, 0.3) is 30.9 Å². The number of rotatable bonds is 3. The Labute approximate surface area is 163 Å². The number of hydrogen-bond donors (Lipinski definition) is 1. The average Bonchev–Trinajstić information content (AvgIpc) is 3.35. The second-order valence-corrected chi connectivity index (χ2v) is 8.25. The zero-order valence-electron chi connectivity index (χ0n) is 14.2. The van der Waals surface area contributed by atoms with Crippen molar-refractivity contribution in [1.29, 1.82) is 0 Å². The van der Waals surface area contributed by atoms with Crippen LogP contribution < -0.4 is 5.32 Å². The molecule has 0 bridgehead atoms. The topological polar surface area (TPSA) is 42.0 Å². The molecule has 5 rings (SSSR count). The summed E-state index contributed by atoms with van der Waals surface area (Å²) in [5.74, 6) is -0.0938. The second-order valence-electron chi connectivity index (χ2n) is 6.13. The monoisotopic (exact) mass is 386 g/mol. The maximum Gasteiger partial charge on any atom is 0.265 e. The van der Waals surface area contributed by atoms with Crippen LogP contribution in [0.15, 0.2) is 78.9 Å². The van der Waals surface area contributed by atoms with E-state index in [1.165, 1.54) is 11.3 Å². The first-order chi connectivity index (χ1) is 13.3. The molecule has 0 aliphatic heterocycles. The maximum absolute atomic E-state index is 12.8. The predicted molar refractivity (Wildman–Crippen MR) is 115 cm³/mol.